The Hall–Kier alpha value is -6.94. The minimum Gasteiger partial charge on any atom is -0.544 e. The first-order valence-corrected chi connectivity index (χ1v) is 41.8. The molecule has 8 aliphatic heterocycles. The maximum atomic E-state index is 14.1. The van der Waals surface area contributed by atoms with Crippen molar-refractivity contribution in [2.75, 3.05) is 66.1 Å². The highest BCUT2D eigenvalue weighted by Gasteiger charge is 2.65. The van der Waals surface area contributed by atoms with E-state index in [1.165, 1.54) is 0 Å². The normalized spacial score (nSPS) is 41.1. The van der Waals surface area contributed by atoms with Gasteiger partial charge in [0.05, 0.1) is 121 Å². The summed E-state index contributed by atoms with van der Waals surface area (Å²) in [4.78, 5) is 131. The van der Waals surface area contributed by atoms with Crippen LogP contribution in [-0.2, 0) is 124 Å². The highest BCUT2D eigenvalue weighted by molar-refractivity contribution is 5.78. The number of aliphatic hydroxyl groups excluding tert-OH is 25. The fourth-order valence-corrected chi connectivity index (χ4v) is 16.8. The Morgan fingerprint density at radius 1 is 0.370 bits per heavy atom. The zero-order chi connectivity index (χ0) is 101. The topological polar surface area (TPSA) is 989 Å². The number of ether oxygens (including phenoxy) is 16. The van der Waals surface area contributed by atoms with Crippen LogP contribution in [0.4, 0.5) is 0 Å². The summed E-state index contributed by atoms with van der Waals surface area (Å²) in [7, 11) is 0. The Morgan fingerprint density at radius 2 is 0.711 bits per heavy atom. The molecule has 0 radical (unpaired) electrons. The Morgan fingerprint density at radius 3 is 1.11 bits per heavy atom. The number of amides is 6. The SMILES string of the molecule is CC(=O)N[C@H]1[C@H](O[C@@H]2[C@H](O[C@]3(C(=O)[O-])C[C@H](O)[C@@H](NC(C)=O)[C@H]([C@H](O)[C@H](O)CO)O3)[C@@H](O)[C@H](O[C@H]3[C@H](O)[C@@H](O)[C@H](OC[C@@H](CO)NC=O)O[C@@H]3CO)O[C@@H]2CO)O[C@H](CO[C@]2(C(=O)[O-])C[C@H](O)[C@@H](NC(C)=O)[C@H]([C@H](O)[C@H](O)CO)O2)[C@H](O)[C@@H]1O[C@@H]1O[C@H](CO)[C@H](O)[C@H](O[C@]2(C(=O)[O-])C[C@H](O)[C@@H](NC(C)=O)[C@H]([C@H](O)[C@@H](CO)O[C@]3(C(=O)[O-])C[C@H](O)[C@@H](NC(C)=O)[C@H]([C@H](O)[C@H](O)CO)O3)O2)[C@H]1O. The number of hydrogen-bond donors (Lipinski definition) is 31. The van der Waals surface area contributed by atoms with Crippen LogP contribution >= 0.6 is 0 Å². The van der Waals surface area contributed by atoms with Crippen molar-refractivity contribution in [1.29, 1.82) is 0 Å². The van der Waals surface area contributed by atoms with Crippen molar-refractivity contribution < 1.29 is 272 Å². The third kappa shape index (κ3) is 25.7. The molecular weight excluding hydrogens is 1850 g/mol. The van der Waals surface area contributed by atoms with Crippen molar-refractivity contribution in [3.8, 4) is 0 Å². The van der Waals surface area contributed by atoms with Crippen molar-refractivity contribution in [2.45, 2.75) is 334 Å². The summed E-state index contributed by atoms with van der Waals surface area (Å²) >= 11 is 0. The first kappa shape index (κ1) is 113. The van der Waals surface area contributed by atoms with Crippen LogP contribution in [0.15, 0.2) is 0 Å². The van der Waals surface area contributed by atoms with Crippen molar-refractivity contribution in [1.82, 2.24) is 31.9 Å². The maximum absolute atomic E-state index is 14.1. The average Bonchev–Trinajstić information content (AvgIpc) is 0.746. The predicted octanol–water partition coefficient (Wildman–Crippen LogP) is -27.1. The molecule has 8 aliphatic rings. The number of carbonyl (C=O) groups excluding carboxylic acids is 10. The van der Waals surface area contributed by atoms with Crippen LogP contribution < -0.4 is 52.3 Å². The Labute approximate surface area is 761 Å². The lowest BCUT2D eigenvalue weighted by Crippen LogP contribution is -2.74. The van der Waals surface area contributed by atoms with Crippen LogP contribution in [0.1, 0.15) is 60.3 Å². The van der Waals surface area contributed by atoms with Gasteiger partial charge in [0.1, 0.15) is 195 Å². The zero-order valence-electron chi connectivity index (χ0n) is 72.1. The summed E-state index contributed by atoms with van der Waals surface area (Å²) in [6.07, 6.45) is -95.6. The van der Waals surface area contributed by atoms with Crippen molar-refractivity contribution >= 4 is 59.8 Å². The van der Waals surface area contributed by atoms with Gasteiger partial charge in [-0.25, -0.2) is 0 Å². The van der Waals surface area contributed by atoms with Gasteiger partial charge in [0, 0.05) is 60.3 Å². The number of aliphatic carboxylic acids is 4. The van der Waals surface area contributed by atoms with E-state index in [1.807, 2.05) is 0 Å². The molecule has 0 aromatic heterocycles. The first-order valence-electron chi connectivity index (χ1n) is 41.8. The summed E-state index contributed by atoms with van der Waals surface area (Å²) in [6, 6.07) is -11.9. The van der Waals surface area contributed by atoms with Gasteiger partial charge in [-0.3, -0.25) is 28.8 Å². The van der Waals surface area contributed by atoms with Crippen LogP contribution in [0.5, 0.6) is 0 Å². The minimum absolute atomic E-state index is 0.149. The van der Waals surface area contributed by atoms with E-state index in [0.29, 0.717) is 6.92 Å². The monoisotopic (exact) mass is 1970 g/mol. The van der Waals surface area contributed by atoms with E-state index in [4.69, 9.17) is 75.8 Å². The first-order chi connectivity index (χ1) is 63.3. The molecule has 8 fully saturated rings. The number of aliphatic hydroxyl groups is 25. The molecule has 135 heavy (non-hydrogen) atoms. The van der Waals surface area contributed by atoms with Crippen LogP contribution in [-0.4, -0.2) is 527 Å². The molecule has 0 saturated carbocycles. The molecule has 6 amide bonds. The molecule has 0 unspecified atom stereocenters. The van der Waals surface area contributed by atoms with E-state index in [-0.39, 0.29) is 6.41 Å². The summed E-state index contributed by atoms with van der Waals surface area (Å²) in [6.45, 7) is -9.34. The summed E-state index contributed by atoms with van der Waals surface area (Å²) in [5.74, 6) is -31.0. The zero-order valence-corrected chi connectivity index (χ0v) is 72.1. The third-order valence-electron chi connectivity index (χ3n) is 23.5. The molecule has 31 N–H and O–H groups in total. The van der Waals surface area contributed by atoms with Gasteiger partial charge in [-0.05, 0) is 0 Å². The van der Waals surface area contributed by atoms with E-state index in [0.717, 1.165) is 27.7 Å². The number of rotatable bonds is 45. The highest BCUT2D eigenvalue weighted by atomic mass is 16.8. The predicted molar refractivity (Wildman–Crippen MR) is 405 cm³/mol. The van der Waals surface area contributed by atoms with Crippen LogP contribution in [0.3, 0.4) is 0 Å². The standard InChI is InChI=1S/C74H120N6O55/c1-21(90)76-39-27(95)6-71(67(112)113,130-57(39)44(102)31(99)11-82)121-19-38-49(107)56(128-65-52(110)61(47(105)34(14-85)122-65)134-73(69(116)117)8-30(98)42(79-24(4)93)60(133-73)48(106)35(15-86)129-72(68(114)115)7-28(96)40(77-22(2)91)58(131-72)45(103)32(100)12-83)43(80-25(5)94)63(125-38)127-55-37(17-88)124-66(126-54-36(16-87)123-64(51(109)50(54)108)120-18-26(10-81)75-20-89)53(111)62(55)135-74(70(118)119)9-29(97)41(78-23(3)92)59(132-74)46(104)33(101)13-84/h20,26-66,81-88,95-111H,6-19H2,1-5H3,(H,75,89)(H,76,90)(H,77,91)(H,78,92)(H,79,93)(H,80,94)(H,112,113)(H,114,115)(H,116,117)(H,118,119)/p-4/t26-,27+,28+,29+,30+,31-,32-,33-,34-,35-,36-,37-,38-,39-,40-,41-,42-,43-,44-,45-,46-,47+,48-,49+,50-,51-,52-,53-,54-,55+,56-,57-,58-,59-,60-,61+,62-,63+,64-,65+,66+,71-,72-,73+,74+/m1/s1. The van der Waals surface area contributed by atoms with Gasteiger partial charge in [-0.2, -0.15) is 0 Å². The van der Waals surface area contributed by atoms with Gasteiger partial charge in [-0.1, -0.05) is 0 Å². The van der Waals surface area contributed by atoms with Crippen molar-refractivity contribution in [3.63, 3.8) is 0 Å². The van der Waals surface area contributed by atoms with Gasteiger partial charge >= 0.3 is 0 Å². The largest absolute Gasteiger partial charge is 0.544 e. The lowest BCUT2D eigenvalue weighted by Gasteiger charge is -2.54. The van der Waals surface area contributed by atoms with E-state index < -0.39 is 419 Å². The Kier molecular flexibility index (Phi) is 40.7. The number of carboxylic acids is 4. The average molecular weight is 1970 g/mol. The second-order valence-electron chi connectivity index (χ2n) is 33.2. The van der Waals surface area contributed by atoms with Gasteiger partial charge < -0.3 is 275 Å². The number of hydrogen-bond acceptors (Lipinski definition) is 55. The molecule has 0 spiro atoms. The molecule has 776 valence electrons. The fraction of sp³-hybridized carbons (Fsp3) is 0.865. The van der Waals surface area contributed by atoms with Crippen LogP contribution in [0, 0.1) is 0 Å². The minimum atomic E-state index is -3.91. The number of nitrogens with one attached hydrogen (secondary N) is 6. The second kappa shape index (κ2) is 48.5. The summed E-state index contributed by atoms with van der Waals surface area (Å²) in [5, 5.41) is 350. The molecular formula is C74H116N6O55-4. The Balaban J connectivity index is 1.27. The molecule has 0 aromatic carbocycles. The van der Waals surface area contributed by atoms with Gasteiger partial charge in [0.25, 0.3) is 0 Å². The lowest BCUT2D eigenvalue weighted by molar-refractivity contribution is -0.423. The second-order valence-corrected chi connectivity index (χ2v) is 33.2. The maximum Gasteiger partial charge on any atom is 0.217 e. The van der Waals surface area contributed by atoms with Gasteiger partial charge in [-0.15, -0.1) is 0 Å². The summed E-state index contributed by atoms with van der Waals surface area (Å²) < 4.78 is 93.9. The Bertz CT molecular complexity index is 3920. The molecule has 45 atom stereocenters. The molecule has 0 aliphatic carbocycles. The molecule has 0 bridgehead atoms. The van der Waals surface area contributed by atoms with Crippen molar-refractivity contribution in [2.24, 2.45) is 0 Å². The van der Waals surface area contributed by atoms with E-state index in [2.05, 4.69) is 31.9 Å². The summed E-state index contributed by atoms with van der Waals surface area (Å²) in [5.41, 5.74) is 0. The van der Waals surface area contributed by atoms with Crippen LogP contribution in [0.2, 0.25) is 0 Å². The third-order valence-corrected chi connectivity index (χ3v) is 23.5. The molecule has 8 saturated heterocycles. The van der Waals surface area contributed by atoms with Crippen molar-refractivity contribution in [3.05, 3.63) is 0 Å². The molecule has 61 nitrogen and oxygen atoms in total. The van der Waals surface area contributed by atoms with E-state index in [1.54, 1.807) is 0 Å². The van der Waals surface area contributed by atoms with E-state index >= 15 is 0 Å². The van der Waals surface area contributed by atoms with Gasteiger partial charge in [0.2, 0.25) is 59.1 Å². The molecule has 8 rings (SSSR count). The highest BCUT2D eigenvalue weighted by Crippen LogP contribution is 2.45. The lowest BCUT2D eigenvalue weighted by atomic mass is 9.87. The molecule has 0 aromatic rings. The van der Waals surface area contributed by atoms with E-state index in [9.17, 15) is 196 Å². The molecule has 61 heteroatoms. The fourth-order valence-electron chi connectivity index (χ4n) is 16.8. The quantitative estimate of drug-likeness (QED) is 0.0252. The number of carboxylic acid groups (broad SMARTS) is 4. The molecule has 8 heterocycles. The number of carbonyl (C=O) groups is 10. The van der Waals surface area contributed by atoms with Crippen LogP contribution in [0.25, 0.3) is 0 Å². The van der Waals surface area contributed by atoms with Gasteiger partial charge in [0.15, 0.2) is 25.2 Å². The smallest absolute Gasteiger partial charge is 0.217 e.